The van der Waals surface area contributed by atoms with E-state index in [0.717, 1.165) is 13.1 Å². The van der Waals surface area contributed by atoms with Crippen molar-refractivity contribution in [2.45, 2.75) is 57.8 Å². The predicted molar refractivity (Wildman–Crippen MR) is 79.1 cm³/mol. The topological polar surface area (TPSA) is 12.0 Å². The third-order valence-electron chi connectivity index (χ3n) is 4.42. The molecule has 0 amide bonds. The highest BCUT2D eigenvalue weighted by molar-refractivity contribution is 5.34. The molecule has 1 aromatic carbocycles. The molecule has 0 bridgehead atoms. The van der Waals surface area contributed by atoms with E-state index < -0.39 is 0 Å². The maximum Gasteiger partial charge on any atom is 0.00804 e. The van der Waals surface area contributed by atoms with Crippen molar-refractivity contribution in [2.24, 2.45) is 0 Å². The Morgan fingerprint density at radius 2 is 1.83 bits per heavy atom. The normalized spacial score (nSPS) is 18.8. The summed E-state index contributed by atoms with van der Waals surface area (Å²) >= 11 is 0. The fourth-order valence-electron chi connectivity index (χ4n) is 3.44. The minimum Gasteiger partial charge on any atom is -0.316 e. The number of nitrogens with one attached hydrogen (secondary N) is 1. The molecule has 1 aliphatic carbocycles. The second-order valence-electron chi connectivity index (χ2n) is 5.83. The van der Waals surface area contributed by atoms with Gasteiger partial charge in [-0.05, 0) is 43.9 Å². The second-order valence-corrected chi connectivity index (χ2v) is 5.83. The van der Waals surface area contributed by atoms with Gasteiger partial charge in [0.1, 0.15) is 0 Å². The van der Waals surface area contributed by atoms with Gasteiger partial charge in [-0.1, -0.05) is 50.5 Å². The monoisotopic (exact) mass is 245 g/mol. The van der Waals surface area contributed by atoms with Gasteiger partial charge in [-0.3, -0.25) is 0 Å². The quantitative estimate of drug-likeness (QED) is 0.767. The van der Waals surface area contributed by atoms with E-state index in [1.54, 1.807) is 5.56 Å². The Labute approximate surface area is 112 Å². The summed E-state index contributed by atoms with van der Waals surface area (Å²) < 4.78 is 0. The first-order chi connectivity index (χ1) is 8.78. The standard InChI is InChI=1S/C17H27N/c1-3-13-18-14-17(11-7-4-8-12-17)16-10-6-5-9-15(16)2/h5-6,9-10,18H,3-4,7-8,11-14H2,1-2H3. The summed E-state index contributed by atoms with van der Waals surface area (Å²) in [7, 11) is 0. The van der Waals surface area contributed by atoms with E-state index in [1.165, 1.54) is 44.1 Å². The van der Waals surface area contributed by atoms with Crippen LogP contribution >= 0.6 is 0 Å². The Kier molecular flexibility index (Phi) is 4.82. The highest BCUT2D eigenvalue weighted by Gasteiger charge is 2.34. The Morgan fingerprint density at radius 3 is 2.50 bits per heavy atom. The first-order valence-corrected chi connectivity index (χ1v) is 7.55. The third-order valence-corrected chi connectivity index (χ3v) is 4.42. The van der Waals surface area contributed by atoms with Gasteiger partial charge in [0, 0.05) is 12.0 Å². The van der Waals surface area contributed by atoms with E-state index in [9.17, 15) is 0 Å². The molecule has 0 radical (unpaired) electrons. The van der Waals surface area contributed by atoms with E-state index in [2.05, 4.69) is 43.4 Å². The van der Waals surface area contributed by atoms with Crippen molar-refractivity contribution in [3.05, 3.63) is 35.4 Å². The van der Waals surface area contributed by atoms with E-state index in [0.29, 0.717) is 5.41 Å². The molecule has 2 rings (SSSR count). The largest absolute Gasteiger partial charge is 0.316 e. The zero-order valence-electron chi connectivity index (χ0n) is 12.0. The molecular weight excluding hydrogens is 218 g/mol. The number of rotatable bonds is 5. The van der Waals surface area contributed by atoms with Crippen LogP contribution in [0.5, 0.6) is 0 Å². The van der Waals surface area contributed by atoms with Crippen molar-refractivity contribution in [1.29, 1.82) is 0 Å². The van der Waals surface area contributed by atoms with Crippen molar-refractivity contribution in [2.75, 3.05) is 13.1 Å². The molecule has 1 aromatic rings. The molecule has 1 nitrogen and oxygen atoms in total. The molecule has 1 heteroatoms. The third kappa shape index (κ3) is 2.95. The lowest BCUT2D eigenvalue weighted by atomic mass is 9.68. The summed E-state index contributed by atoms with van der Waals surface area (Å²) in [6.07, 6.45) is 8.14. The van der Waals surface area contributed by atoms with Crippen LogP contribution in [0.1, 0.15) is 56.6 Å². The molecule has 0 saturated heterocycles. The van der Waals surface area contributed by atoms with Crippen LogP contribution in [-0.4, -0.2) is 13.1 Å². The average molecular weight is 245 g/mol. The number of benzene rings is 1. The molecule has 0 unspecified atom stereocenters. The molecular formula is C17H27N. The lowest BCUT2D eigenvalue weighted by Gasteiger charge is -2.39. The van der Waals surface area contributed by atoms with Gasteiger partial charge >= 0.3 is 0 Å². The Morgan fingerprint density at radius 1 is 1.11 bits per heavy atom. The zero-order valence-corrected chi connectivity index (χ0v) is 12.0. The molecule has 100 valence electrons. The smallest absolute Gasteiger partial charge is 0.00804 e. The van der Waals surface area contributed by atoms with Crippen LogP contribution in [0.4, 0.5) is 0 Å². The van der Waals surface area contributed by atoms with Crippen LogP contribution in [0.3, 0.4) is 0 Å². The van der Waals surface area contributed by atoms with Crippen molar-refractivity contribution >= 4 is 0 Å². The molecule has 0 heterocycles. The molecule has 0 aliphatic heterocycles. The van der Waals surface area contributed by atoms with E-state index in [1.807, 2.05) is 0 Å². The van der Waals surface area contributed by atoms with Gasteiger partial charge in [-0.25, -0.2) is 0 Å². The van der Waals surface area contributed by atoms with Crippen molar-refractivity contribution in [1.82, 2.24) is 5.32 Å². The molecule has 0 aromatic heterocycles. The Hall–Kier alpha value is -0.820. The van der Waals surface area contributed by atoms with E-state index >= 15 is 0 Å². The van der Waals surface area contributed by atoms with Crippen LogP contribution < -0.4 is 5.32 Å². The van der Waals surface area contributed by atoms with Crippen LogP contribution in [-0.2, 0) is 5.41 Å². The van der Waals surface area contributed by atoms with Gasteiger partial charge in [0.2, 0.25) is 0 Å². The molecule has 1 N–H and O–H groups in total. The van der Waals surface area contributed by atoms with Gasteiger partial charge < -0.3 is 5.32 Å². The van der Waals surface area contributed by atoms with Crippen LogP contribution in [0.15, 0.2) is 24.3 Å². The molecule has 0 atom stereocenters. The first kappa shape index (κ1) is 13.6. The second kappa shape index (κ2) is 6.38. The van der Waals surface area contributed by atoms with Gasteiger partial charge in [0.05, 0.1) is 0 Å². The summed E-state index contributed by atoms with van der Waals surface area (Å²) in [5.74, 6) is 0. The minimum atomic E-state index is 0.402. The fourth-order valence-corrected chi connectivity index (χ4v) is 3.44. The van der Waals surface area contributed by atoms with Crippen molar-refractivity contribution < 1.29 is 0 Å². The first-order valence-electron chi connectivity index (χ1n) is 7.55. The van der Waals surface area contributed by atoms with Gasteiger partial charge in [0.25, 0.3) is 0 Å². The van der Waals surface area contributed by atoms with Gasteiger partial charge in [0.15, 0.2) is 0 Å². The zero-order chi connectivity index (χ0) is 12.8. The number of hydrogen-bond donors (Lipinski definition) is 1. The molecule has 18 heavy (non-hydrogen) atoms. The summed E-state index contributed by atoms with van der Waals surface area (Å²) in [5, 5.41) is 3.67. The minimum absolute atomic E-state index is 0.402. The fraction of sp³-hybridized carbons (Fsp3) is 0.647. The average Bonchev–Trinajstić information content (AvgIpc) is 2.40. The predicted octanol–water partition coefficient (Wildman–Crippen LogP) is 4.20. The summed E-state index contributed by atoms with van der Waals surface area (Å²) in [6, 6.07) is 8.99. The Bertz CT molecular complexity index is 364. The van der Waals surface area contributed by atoms with Crippen molar-refractivity contribution in [3.8, 4) is 0 Å². The highest BCUT2D eigenvalue weighted by atomic mass is 14.9. The highest BCUT2D eigenvalue weighted by Crippen LogP contribution is 2.40. The van der Waals surface area contributed by atoms with E-state index in [-0.39, 0.29) is 0 Å². The molecule has 1 fully saturated rings. The maximum atomic E-state index is 3.67. The number of hydrogen-bond acceptors (Lipinski definition) is 1. The molecule has 1 saturated carbocycles. The number of aryl methyl sites for hydroxylation is 1. The van der Waals surface area contributed by atoms with Crippen LogP contribution in [0.25, 0.3) is 0 Å². The lowest BCUT2D eigenvalue weighted by Crippen LogP contribution is -2.40. The lowest BCUT2D eigenvalue weighted by molar-refractivity contribution is 0.279. The van der Waals surface area contributed by atoms with Crippen LogP contribution in [0, 0.1) is 6.92 Å². The SMILES string of the molecule is CCCNCC1(c2ccccc2C)CCCCC1. The van der Waals surface area contributed by atoms with Gasteiger partial charge in [-0.15, -0.1) is 0 Å². The van der Waals surface area contributed by atoms with E-state index in [4.69, 9.17) is 0 Å². The van der Waals surface area contributed by atoms with Gasteiger partial charge in [-0.2, -0.15) is 0 Å². The Balaban J connectivity index is 2.21. The summed E-state index contributed by atoms with van der Waals surface area (Å²) in [5.41, 5.74) is 3.46. The maximum absolute atomic E-state index is 3.67. The van der Waals surface area contributed by atoms with Crippen LogP contribution in [0.2, 0.25) is 0 Å². The molecule has 1 aliphatic rings. The summed E-state index contributed by atoms with van der Waals surface area (Å²) in [4.78, 5) is 0. The summed E-state index contributed by atoms with van der Waals surface area (Å²) in [6.45, 7) is 6.82. The molecule has 0 spiro atoms. The van der Waals surface area contributed by atoms with Crippen molar-refractivity contribution in [3.63, 3.8) is 0 Å².